The van der Waals surface area contributed by atoms with Gasteiger partial charge in [-0.1, -0.05) is 17.7 Å². The number of benzene rings is 2. The second-order valence-corrected chi connectivity index (χ2v) is 6.95. The van der Waals surface area contributed by atoms with Crippen LogP contribution in [0.1, 0.15) is 15.9 Å². The molecule has 31 heavy (non-hydrogen) atoms. The summed E-state index contributed by atoms with van der Waals surface area (Å²) < 4.78 is 18.5. The van der Waals surface area contributed by atoms with E-state index in [0.29, 0.717) is 17.0 Å². The number of carboxylic acid groups (broad SMARTS) is 1. The molecule has 7 nitrogen and oxygen atoms in total. The average Bonchev–Trinajstić information content (AvgIpc) is 2.75. The first-order chi connectivity index (χ1) is 14.9. The SMILES string of the molecule is COc1ccc(Nc2ncccc2C(=O)N(CC(=O)O)Cc2ccc(F)cc2Cl)cc1. The van der Waals surface area contributed by atoms with Gasteiger partial charge >= 0.3 is 5.97 Å². The number of anilines is 2. The van der Waals surface area contributed by atoms with Crippen molar-refractivity contribution in [2.75, 3.05) is 19.0 Å². The van der Waals surface area contributed by atoms with Crippen LogP contribution < -0.4 is 10.1 Å². The molecule has 160 valence electrons. The summed E-state index contributed by atoms with van der Waals surface area (Å²) >= 11 is 6.06. The minimum absolute atomic E-state index is 0.103. The van der Waals surface area contributed by atoms with Gasteiger partial charge in [-0.25, -0.2) is 9.37 Å². The Hall–Kier alpha value is -3.65. The Kier molecular flexibility index (Phi) is 7.04. The largest absolute Gasteiger partial charge is 0.497 e. The Morgan fingerprint density at radius 1 is 1.19 bits per heavy atom. The molecule has 0 unspecified atom stereocenters. The smallest absolute Gasteiger partial charge is 0.323 e. The fraction of sp³-hybridized carbons (Fsp3) is 0.136. The van der Waals surface area contributed by atoms with E-state index in [1.165, 1.54) is 18.3 Å². The molecule has 0 bridgehead atoms. The number of carbonyl (C=O) groups excluding carboxylic acids is 1. The lowest BCUT2D eigenvalue weighted by Crippen LogP contribution is -2.35. The number of aromatic nitrogens is 1. The predicted molar refractivity (Wildman–Crippen MR) is 114 cm³/mol. The van der Waals surface area contributed by atoms with E-state index in [4.69, 9.17) is 16.3 Å². The van der Waals surface area contributed by atoms with Gasteiger partial charge in [0.05, 0.1) is 12.7 Å². The number of hydrogen-bond donors (Lipinski definition) is 2. The van der Waals surface area contributed by atoms with Crippen molar-refractivity contribution < 1.29 is 23.8 Å². The van der Waals surface area contributed by atoms with E-state index < -0.39 is 24.2 Å². The predicted octanol–water partition coefficient (Wildman–Crippen LogP) is 4.35. The van der Waals surface area contributed by atoms with Crippen molar-refractivity contribution in [3.8, 4) is 5.75 Å². The molecule has 0 aliphatic carbocycles. The lowest BCUT2D eigenvalue weighted by molar-refractivity contribution is -0.137. The molecular weight excluding hydrogens is 425 g/mol. The second-order valence-electron chi connectivity index (χ2n) is 6.54. The summed E-state index contributed by atoms with van der Waals surface area (Å²) in [5.41, 5.74) is 1.27. The van der Waals surface area contributed by atoms with Gasteiger partial charge < -0.3 is 20.1 Å². The lowest BCUT2D eigenvalue weighted by atomic mass is 10.1. The van der Waals surface area contributed by atoms with E-state index in [0.717, 1.165) is 11.0 Å². The highest BCUT2D eigenvalue weighted by Gasteiger charge is 2.23. The summed E-state index contributed by atoms with van der Waals surface area (Å²) in [6.45, 7) is -0.676. The lowest BCUT2D eigenvalue weighted by Gasteiger charge is -2.22. The molecule has 3 rings (SSSR count). The molecule has 3 aromatic rings. The van der Waals surface area contributed by atoms with E-state index >= 15 is 0 Å². The maximum atomic E-state index is 13.3. The summed E-state index contributed by atoms with van der Waals surface area (Å²) in [5, 5.41) is 12.5. The topological polar surface area (TPSA) is 91.8 Å². The standard InChI is InChI=1S/C22H19ClFN3O4/c1-31-17-8-6-16(7-9-17)26-21-18(3-2-10-25-21)22(30)27(13-20(28)29)12-14-4-5-15(24)11-19(14)23/h2-11H,12-13H2,1H3,(H,25,26)(H,28,29). The Balaban J connectivity index is 1.89. The summed E-state index contributed by atoms with van der Waals surface area (Å²) in [7, 11) is 1.56. The van der Waals surface area contributed by atoms with E-state index in [2.05, 4.69) is 10.3 Å². The van der Waals surface area contributed by atoms with Crippen molar-refractivity contribution in [3.05, 3.63) is 82.8 Å². The van der Waals surface area contributed by atoms with E-state index in [1.54, 1.807) is 43.5 Å². The van der Waals surface area contributed by atoms with Crippen molar-refractivity contribution >= 4 is 35.0 Å². The highest BCUT2D eigenvalue weighted by Crippen LogP contribution is 2.24. The molecule has 2 N–H and O–H groups in total. The fourth-order valence-electron chi connectivity index (χ4n) is 2.88. The van der Waals surface area contributed by atoms with Crippen LogP contribution in [0.25, 0.3) is 0 Å². The molecule has 0 aliphatic heterocycles. The van der Waals surface area contributed by atoms with Crippen LogP contribution in [-0.4, -0.2) is 40.5 Å². The van der Waals surface area contributed by atoms with Crippen LogP contribution in [0.3, 0.4) is 0 Å². The van der Waals surface area contributed by atoms with Crippen LogP contribution in [0.15, 0.2) is 60.8 Å². The Bertz CT molecular complexity index is 1090. The van der Waals surface area contributed by atoms with Crippen LogP contribution in [0.5, 0.6) is 5.75 Å². The van der Waals surface area contributed by atoms with Crippen molar-refractivity contribution in [1.82, 2.24) is 9.88 Å². The Labute approximate surface area is 183 Å². The molecule has 9 heteroatoms. The molecular formula is C22H19ClFN3O4. The number of carboxylic acids is 1. The molecule has 0 saturated carbocycles. The first kappa shape index (κ1) is 22.0. The van der Waals surface area contributed by atoms with Crippen LogP contribution >= 0.6 is 11.6 Å². The second kappa shape index (κ2) is 9.90. The molecule has 1 amide bonds. The number of amides is 1. The van der Waals surface area contributed by atoms with Gasteiger partial charge in [0, 0.05) is 23.5 Å². The molecule has 0 radical (unpaired) electrons. The van der Waals surface area contributed by atoms with Crippen LogP contribution in [0, 0.1) is 5.82 Å². The van der Waals surface area contributed by atoms with E-state index in [-0.39, 0.29) is 22.9 Å². The summed E-state index contributed by atoms with van der Waals surface area (Å²) in [5.74, 6) is -1.35. The quantitative estimate of drug-likeness (QED) is 0.537. The summed E-state index contributed by atoms with van der Waals surface area (Å²) in [6.07, 6.45) is 1.51. The number of halogens is 2. The summed E-state index contributed by atoms with van der Waals surface area (Å²) in [4.78, 5) is 29.9. The van der Waals surface area contributed by atoms with Crippen LogP contribution in [-0.2, 0) is 11.3 Å². The number of aliphatic carboxylic acids is 1. The first-order valence-electron chi connectivity index (χ1n) is 9.18. The number of methoxy groups -OCH3 is 1. The van der Waals surface area contributed by atoms with Gasteiger partial charge in [0.1, 0.15) is 23.9 Å². The van der Waals surface area contributed by atoms with Gasteiger partial charge in [-0.2, -0.15) is 0 Å². The monoisotopic (exact) mass is 443 g/mol. The number of carbonyl (C=O) groups is 2. The first-order valence-corrected chi connectivity index (χ1v) is 9.56. The van der Waals surface area contributed by atoms with Crippen LogP contribution in [0.2, 0.25) is 5.02 Å². The molecule has 0 saturated heterocycles. The summed E-state index contributed by atoms with van der Waals surface area (Å²) in [6, 6.07) is 13.9. The molecule has 0 atom stereocenters. The number of ether oxygens (including phenoxy) is 1. The molecule has 0 fully saturated rings. The van der Waals surface area contributed by atoms with Gasteiger partial charge in [0.2, 0.25) is 0 Å². The molecule has 0 aliphatic rings. The number of pyridine rings is 1. The van der Waals surface area contributed by atoms with Gasteiger partial charge in [-0.3, -0.25) is 9.59 Å². The maximum absolute atomic E-state index is 13.3. The van der Waals surface area contributed by atoms with Crippen molar-refractivity contribution in [2.24, 2.45) is 0 Å². The Morgan fingerprint density at radius 2 is 1.94 bits per heavy atom. The average molecular weight is 444 g/mol. The third-order valence-electron chi connectivity index (χ3n) is 4.38. The van der Waals surface area contributed by atoms with E-state index in [9.17, 15) is 19.1 Å². The highest BCUT2D eigenvalue weighted by atomic mass is 35.5. The minimum Gasteiger partial charge on any atom is -0.497 e. The highest BCUT2D eigenvalue weighted by molar-refractivity contribution is 6.31. The normalized spacial score (nSPS) is 10.4. The van der Waals surface area contributed by atoms with Gasteiger partial charge in [-0.15, -0.1) is 0 Å². The number of hydrogen-bond acceptors (Lipinski definition) is 5. The van der Waals surface area contributed by atoms with Gasteiger partial charge in [0.15, 0.2) is 0 Å². The number of nitrogens with zero attached hydrogens (tertiary/aromatic N) is 2. The van der Waals surface area contributed by atoms with Crippen molar-refractivity contribution in [2.45, 2.75) is 6.54 Å². The molecule has 0 spiro atoms. The zero-order chi connectivity index (χ0) is 22.4. The zero-order valence-electron chi connectivity index (χ0n) is 16.5. The minimum atomic E-state index is -1.19. The van der Waals surface area contributed by atoms with Gasteiger partial charge in [0.25, 0.3) is 5.91 Å². The van der Waals surface area contributed by atoms with Crippen molar-refractivity contribution in [1.29, 1.82) is 0 Å². The number of nitrogens with one attached hydrogen (secondary N) is 1. The third-order valence-corrected chi connectivity index (χ3v) is 4.73. The third kappa shape index (κ3) is 5.70. The molecule has 1 heterocycles. The Morgan fingerprint density at radius 3 is 2.58 bits per heavy atom. The van der Waals surface area contributed by atoms with Crippen LogP contribution in [0.4, 0.5) is 15.9 Å². The number of rotatable bonds is 8. The van der Waals surface area contributed by atoms with Crippen molar-refractivity contribution in [3.63, 3.8) is 0 Å². The zero-order valence-corrected chi connectivity index (χ0v) is 17.3. The molecule has 1 aromatic heterocycles. The fourth-order valence-corrected chi connectivity index (χ4v) is 3.10. The molecule has 2 aromatic carbocycles. The van der Waals surface area contributed by atoms with Gasteiger partial charge in [-0.05, 0) is 54.1 Å². The van der Waals surface area contributed by atoms with E-state index in [1.807, 2.05) is 0 Å². The maximum Gasteiger partial charge on any atom is 0.323 e.